The van der Waals surface area contributed by atoms with E-state index in [1.165, 1.54) is 12.1 Å². The van der Waals surface area contributed by atoms with Gasteiger partial charge in [-0.1, -0.05) is 6.92 Å². The lowest BCUT2D eigenvalue weighted by atomic mass is 10.1. The standard InChI is InChI=1S/C8H7ClINO4S/c1-2-5-3-6(11(12)13)8(10)7(4-5)16(9,14)15/h3-4H,2H2,1H3. The molecule has 0 amide bonds. The van der Waals surface area contributed by atoms with Crippen LogP contribution in [0.4, 0.5) is 5.69 Å². The van der Waals surface area contributed by atoms with Gasteiger partial charge in [0.25, 0.3) is 14.7 Å². The molecule has 0 unspecified atom stereocenters. The van der Waals surface area contributed by atoms with E-state index in [2.05, 4.69) is 0 Å². The van der Waals surface area contributed by atoms with Gasteiger partial charge < -0.3 is 0 Å². The molecule has 0 saturated carbocycles. The topological polar surface area (TPSA) is 77.3 Å². The normalized spacial score (nSPS) is 11.4. The number of halogens is 2. The fourth-order valence-electron chi connectivity index (χ4n) is 1.15. The Morgan fingerprint density at radius 3 is 2.44 bits per heavy atom. The van der Waals surface area contributed by atoms with E-state index in [1.807, 2.05) is 0 Å². The van der Waals surface area contributed by atoms with Crippen molar-refractivity contribution < 1.29 is 13.3 Å². The van der Waals surface area contributed by atoms with Gasteiger partial charge in [-0.05, 0) is 40.6 Å². The Bertz CT molecular complexity index is 543. The van der Waals surface area contributed by atoms with E-state index in [-0.39, 0.29) is 14.2 Å². The lowest BCUT2D eigenvalue weighted by molar-refractivity contribution is -0.386. The van der Waals surface area contributed by atoms with Gasteiger partial charge in [0.2, 0.25) is 0 Å². The molecule has 16 heavy (non-hydrogen) atoms. The minimum absolute atomic E-state index is 0.0369. The molecular weight excluding hydrogens is 369 g/mol. The molecule has 8 heteroatoms. The molecule has 0 radical (unpaired) electrons. The average Bonchev–Trinajstić information content (AvgIpc) is 2.15. The third-order valence-electron chi connectivity index (χ3n) is 1.95. The molecule has 0 fully saturated rings. The van der Waals surface area contributed by atoms with Gasteiger partial charge in [0.15, 0.2) is 0 Å². The summed E-state index contributed by atoms with van der Waals surface area (Å²) in [5.41, 5.74) is 0.325. The molecule has 0 atom stereocenters. The van der Waals surface area contributed by atoms with Crippen LogP contribution in [0.15, 0.2) is 17.0 Å². The fourth-order valence-corrected chi connectivity index (χ4v) is 3.90. The highest BCUT2D eigenvalue weighted by Gasteiger charge is 2.23. The van der Waals surface area contributed by atoms with Crippen molar-refractivity contribution in [1.82, 2.24) is 0 Å². The van der Waals surface area contributed by atoms with Crippen molar-refractivity contribution in [3.63, 3.8) is 0 Å². The fraction of sp³-hybridized carbons (Fsp3) is 0.250. The number of hydrogen-bond acceptors (Lipinski definition) is 4. The van der Waals surface area contributed by atoms with Crippen molar-refractivity contribution in [2.45, 2.75) is 18.2 Å². The molecule has 0 spiro atoms. The summed E-state index contributed by atoms with van der Waals surface area (Å²) in [5, 5.41) is 10.7. The Labute approximate surface area is 111 Å². The van der Waals surface area contributed by atoms with E-state index in [1.54, 1.807) is 29.5 Å². The first kappa shape index (κ1) is 13.7. The smallest absolute Gasteiger partial charge is 0.258 e. The summed E-state index contributed by atoms with van der Waals surface area (Å²) in [6, 6.07) is 2.71. The van der Waals surface area contributed by atoms with Crippen LogP contribution in [0.5, 0.6) is 0 Å². The molecule has 1 aromatic rings. The Morgan fingerprint density at radius 1 is 1.50 bits per heavy atom. The predicted octanol–water partition coefficient (Wildman–Crippen LogP) is 2.69. The third-order valence-corrected chi connectivity index (χ3v) is 4.79. The first-order valence-corrected chi connectivity index (χ1v) is 7.57. The van der Waals surface area contributed by atoms with Crippen molar-refractivity contribution in [2.75, 3.05) is 0 Å². The van der Waals surface area contributed by atoms with Crippen LogP contribution in [0.2, 0.25) is 0 Å². The van der Waals surface area contributed by atoms with Gasteiger partial charge in [0.05, 0.1) is 4.92 Å². The van der Waals surface area contributed by atoms with Crippen molar-refractivity contribution in [1.29, 1.82) is 0 Å². The van der Waals surface area contributed by atoms with Crippen LogP contribution in [0.25, 0.3) is 0 Å². The number of nitro groups is 1. The highest BCUT2D eigenvalue weighted by Crippen LogP contribution is 2.31. The lowest BCUT2D eigenvalue weighted by Crippen LogP contribution is -2.01. The van der Waals surface area contributed by atoms with Gasteiger partial charge in [0.1, 0.15) is 8.47 Å². The van der Waals surface area contributed by atoms with Gasteiger partial charge >= 0.3 is 0 Å². The van der Waals surface area contributed by atoms with Crippen LogP contribution in [0, 0.1) is 13.7 Å². The zero-order valence-electron chi connectivity index (χ0n) is 8.11. The molecule has 0 aliphatic heterocycles. The Balaban J connectivity index is 3.63. The Morgan fingerprint density at radius 2 is 2.06 bits per heavy atom. The predicted molar refractivity (Wildman–Crippen MR) is 68.2 cm³/mol. The second-order valence-corrected chi connectivity index (χ2v) is 6.59. The maximum absolute atomic E-state index is 11.2. The summed E-state index contributed by atoms with van der Waals surface area (Å²) in [7, 11) is 1.25. The number of benzene rings is 1. The molecule has 1 rings (SSSR count). The lowest BCUT2D eigenvalue weighted by Gasteiger charge is -2.04. The second-order valence-electron chi connectivity index (χ2n) is 2.98. The Hall–Kier alpha value is -0.410. The largest absolute Gasteiger partial charge is 0.284 e. The van der Waals surface area contributed by atoms with Crippen molar-refractivity contribution in [3.8, 4) is 0 Å². The van der Waals surface area contributed by atoms with Crippen LogP contribution in [-0.4, -0.2) is 13.3 Å². The first-order chi connectivity index (χ1) is 7.27. The molecule has 1 aromatic carbocycles. The summed E-state index contributed by atoms with van der Waals surface area (Å²) < 4.78 is 22.5. The molecule has 5 nitrogen and oxygen atoms in total. The molecule has 0 aromatic heterocycles. The van der Waals surface area contributed by atoms with Crippen molar-refractivity contribution in [2.24, 2.45) is 0 Å². The summed E-state index contributed by atoms with van der Waals surface area (Å²) in [6.07, 6.45) is 0.497. The molecule has 0 N–H and O–H groups in total. The van der Waals surface area contributed by atoms with Crippen LogP contribution in [0.3, 0.4) is 0 Å². The van der Waals surface area contributed by atoms with Gasteiger partial charge in [-0.2, -0.15) is 0 Å². The summed E-state index contributed by atoms with van der Waals surface area (Å²) >= 11 is 1.61. The number of aryl methyl sites for hydroxylation is 1. The van der Waals surface area contributed by atoms with Crippen LogP contribution >= 0.6 is 33.3 Å². The molecule has 0 heterocycles. The zero-order valence-corrected chi connectivity index (χ0v) is 11.8. The molecule has 0 aliphatic carbocycles. The summed E-state index contributed by atoms with van der Waals surface area (Å²) in [4.78, 5) is 9.91. The van der Waals surface area contributed by atoms with E-state index in [0.717, 1.165) is 0 Å². The SMILES string of the molecule is CCc1cc([N+](=O)[O-])c(I)c(S(=O)(=O)Cl)c1. The average molecular weight is 376 g/mol. The summed E-state index contributed by atoms with van der Waals surface area (Å²) in [5.74, 6) is 0. The highest BCUT2D eigenvalue weighted by atomic mass is 127. The molecule has 0 bridgehead atoms. The van der Waals surface area contributed by atoms with Crippen molar-refractivity contribution >= 4 is 48.0 Å². The minimum Gasteiger partial charge on any atom is -0.258 e. The Kier molecular flexibility index (Phi) is 4.13. The van der Waals surface area contributed by atoms with Crippen molar-refractivity contribution in [3.05, 3.63) is 31.4 Å². The second kappa shape index (κ2) is 4.84. The van der Waals surface area contributed by atoms with Gasteiger partial charge in [-0.25, -0.2) is 8.42 Å². The van der Waals surface area contributed by atoms with Crippen LogP contribution < -0.4 is 0 Å². The van der Waals surface area contributed by atoms with E-state index >= 15 is 0 Å². The minimum atomic E-state index is -3.96. The van der Waals surface area contributed by atoms with E-state index in [9.17, 15) is 18.5 Å². The first-order valence-electron chi connectivity index (χ1n) is 4.18. The van der Waals surface area contributed by atoms with E-state index in [0.29, 0.717) is 12.0 Å². The number of nitrogens with zero attached hydrogens (tertiary/aromatic N) is 1. The monoisotopic (exact) mass is 375 g/mol. The van der Waals surface area contributed by atoms with Gasteiger partial charge in [0, 0.05) is 16.7 Å². The quantitative estimate of drug-likeness (QED) is 0.352. The molecular formula is C8H7ClINO4S. The zero-order chi connectivity index (χ0) is 12.5. The van der Waals surface area contributed by atoms with E-state index < -0.39 is 14.0 Å². The van der Waals surface area contributed by atoms with E-state index in [4.69, 9.17) is 10.7 Å². The number of rotatable bonds is 3. The maximum Gasteiger partial charge on any atom is 0.284 e. The van der Waals surface area contributed by atoms with Crippen LogP contribution in [-0.2, 0) is 15.5 Å². The van der Waals surface area contributed by atoms with Crippen LogP contribution in [0.1, 0.15) is 12.5 Å². The number of hydrogen-bond donors (Lipinski definition) is 0. The molecule has 0 aliphatic rings. The third kappa shape index (κ3) is 2.83. The highest BCUT2D eigenvalue weighted by molar-refractivity contribution is 14.1. The summed E-state index contributed by atoms with van der Waals surface area (Å²) in [6.45, 7) is 1.77. The molecule has 0 saturated heterocycles. The molecule has 88 valence electrons. The van der Waals surface area contributed by atoms with Gasteiger partial charge in [-0.3, -0.25) is 10.1 Å². The number of nitro benzene ring substituents is 1. The maximum atomic E-state index is 11.2. The van der Waals surface area contributed by atoms with Gasteiger partial charge in [-0.15, -0.1) is 0 Å².